The summed E-state index contributed by atoms with van der Waals surface area (Å²) in [4.78, 5) is 22.6. The number of carbonyl (C=O) groups is 2. The van der Waals surface area contributed by atoms with Gasteiger partial charge in [0.1, 0.15) is 12.9 Å². The van der Waals surface area contributed by atoms with Crippen molar-refractivity contribution in [2.45, 2.75) is 44.6 Å². The van der Waals surface area contributed by atoms with Crippen molar-refractivity contribution in [2.24, 2.45) is 5.41 Å². The van der Waals surface area contributed by atoms with E-state index in [4.69, 9.17) is 9.84 Å². The zero-order valence-corrected chi connectivity index (χ0v) is 10.6. The number of piperidine rings is 1. The number of carboxylic acid groups (broad SMARTS) is 1. The van der Waals surface area contributed by atoms with Gasteiger partial charge in [-0.15, -0.1) is 0 Å². The summed E-state index contributed by atoms with van der Waals surface area (Å²) in [7, 11) is 0. The standard InChI is InChI=1S/C13H21NO4/c15-9-10-18-11-1-3-13(4-2-11)5-7-14(8-6-13)12(16)17/h9,11H,1-8,10H2,(H,16,17). The Morgan fingerprint density at radius 3 is 2.39 bits per heavy atom. The van der Waals surface area contributed by atoms with Crippen LogP contribution in [-0.2, 0) is 9.53 Å². The van der Waals surface area contributed by atoms with E-state index in [2.05, 4.69) is 0 Å². The summed E-state index contributed by atoms with van der Waals surface area (Å²) in [6, 6.07) is 0. The highest BCUT2D eigenvalue weighted by Crippen LogP contribution is 2.45. The van der Waals surface area contributed by atoms with Gasteiger partial charge in [0, 0.05) is 13.1 Å². The van der Waals surface area contributed by atoms with E-state index in [1.54, 1.807) is 0 Å². The molecule has 0 aromatic heterocycles. The molecule has 0 aromatic carbocycles. The van der Waals surface area contributed by atoms with Gasteiger partial charge in [0.2, 0.25) is 0 Å². The molecule has 1 aliphatic carbocycles. The molecule has 2 rings (SSSR count). The van der Waals surface area contributed by atoms with Crippen LogP contribution in [0.3, 0.4) is 0 Å². The molecule has 1 amide bonds. The predicted octanol–water partition coefficient (Wildman–Crippen LogP) is 1.90. The molecule has 0 atom stereocenters. The highest BCUT2D eigenvalue weighted by Gasteiger charge is 2.39. The molecule has 1 saturated heterocycles. The predicted molar refractivity (Wildman–Crippen MR) is 65.5 cm³/mol. The maximum atomic E-state index is 10.9. The Bertz CT molecular complexity index is 300. The second kappa shape index (κ2) is 5.69. The summed E-state index contributed by atoms with van der Waals surface area (Å²) < 4.78 is 5.45. The molecule has 5 heteroatoms. The Morgan fingerprint density at radius 2 is 1.89 bits per heavy atom. The van der Waals surface area contributed by atoms with Gasteiger partial charge in [-0.3, -0.25) is 0 Å². The summed E-state index contributed by atoms with van der Waals surface area (Å²) in [5.74, 6) is 0. The molecule has 1 saturated carbocycles. The van der Waals surface area contributed by atoms with Crippen molar-refractivity contribution in [1.82, 2.24) is 4.90 Å². The summed E-state index contributed by atoms with van der Waals surface area (Å²) in [5, 5.41) is 8.94. The SMILES string of the molecule is O=CCOC1CCC2(CC1)CCN(C(=O)O)CC2. The summed E-state index contributed by atoms with van der Waals surface area (Å²) in [6.07, 6.45) is 6.37. The first-order valence-corrected chi connectivity index (χ1v) is 6.68. The van der Waals surface area contributed by atoms with Crippen molar-refractivity contribution in [3.05, 3.63) is 0 Å². The van der Waals surface area contributed by atoms with Crippen molar-refractivity contribution in [3.8, 4) is 0 Å². The lowest BCUT2D eigenvalue weighted by Gasteiger charge is -2.45. The van der Waals surface area contributed by atoms with E-state index >= 15 is 0 Å². The molecule has 0 bridgehead atoms. The van der Waals surface area contributed by atoms with Gasteiger partial charge < -0.3 is 19.5 Å². The van der Waals surface area contributed by atoms with Crippen LogP contribution in [0.25, 0.3) is 0 Å². The normalized spacial score (nSPS) is 24.1. The number of aldehydes is 1. The Labute approximate surface area is 107 Å². The fourth-order valence-corrected chi connectivity index (χ4v) is 3.22. The fraction of sp³-hybridized carbons (Fsp3) is 0.846. The van der Waals surface area contributed by atoms with Crippen LogP contribution in [0.1, 0.15) is 38.5 Å². The summed E-state index contributed by atoms with van der Waals surface area (Å²) in [6.45, 7) is 1.52. The topological polar surface area (TPSA) is 66.8 Å². The first kappa shape index (κ1) is 13.3. The van der Waals surface area contributed by atoms with Gasteiger partial charge in [0.05, 0.1) is 6.10 Å². The molecular formula is C13H21NO4. The third-order valence-electron chi connectivity index (χ3n) is 4.49. The first-order valence-electron chi connectivity index (χ1n) is 6.68. The van der Waals surface area contributed by atoms with Crippen molar-refractivity contribution in [3.63, 3.8) is 0 Å². The van der Waals surface area contributed by atoms with Crippen LogP contribution in [0, 0.1) is 5.41 Å². The van der Waals surface area contributed by atoms with E-state index < -0.39 is 6.09 Å². The lowest BCUT2D eigenvalue weighted by Crippen LogP contribution is -2.44. The second-order valence-electron chi connectivity index (χ2n) is 5.47. The number of nitrogens with zero attached hydrogens (tertiary/aromatic N) is 1. The molecule has 2 fully saturated rings. The van der Waals surface area contributed by atoms with Gasteiger partial charge in [-0.2, -0.15) is 0 Å². The van der Waals surface area contributed by atoms with Crippen LogP contribution in [-0.4, -0.2) is 48.2 Å². The van der Waals surface area contributed by atoms with E-state index in [-0.39, 0.29) is 12.7 Å². The van der Waals surface area contributed by atoms with Gasteiger partial charge in [0.15, 0.2) is 0 Å². The zero-order valence-electron chi connectivity index (χ0n) is 10.6. The van der Waals surface area contributed by atoms with Crippen molar-refractivity contribution in [2.75, 3.05) is 19.7 Å². The Hall–Kier alpha value is -1.10. The average Bonchev–Trinajstić information content (AvgIpc) is 2.39. The van der Waals surface area contributed by atoms with Crippen LogP contribution >= 0.6 is 0 Å². The summed E-state index contributed by atoms with van der Waals surface area (Å²) in [5.41, 5.74) is 0.326. The number of hydrogen-bond donors (Lipinski definition) is 1. The molecule has 0 unspecified atom stereocenters. The molecule has 5 nitrogen and oxygen atoms in total. The monoisotopic (exact) mass is 255 g/mol. The molecule has 1 spiro atoms. The van der Waals surface area contributed by atoms with Gasteiger partial charge in [0.25, 0.3) is 0 Å². The third kappa shape index (κ3) is 3.02. The Balaban J connectivity index is 1.79. The number of likely N-dealkylation sites (tertiary alicyclic amines) is 1. The average molecular weight is 255 g/mol. The van der Waals surface area contributed by atoms with E-state index in [1.807, 2.05) is 0 Å². The molecule has 1 heterocycles. The van der Waals surface area contributed by atoms with Crippen molar-refractivity contribution in [1.29, 1.82) is 0 Å². The molecular weight excluding hydrogens is 234 g/mol. The number of ether oxygens (including phenoxy) is 1. The third-order valence-corrected chi connectivity index (χ3v) is 4.49. The molecule has 1 aliphatic heterocycles. The maximum absolute atomic E-state index is 10.9. The molecule has 102 valence electrons. The number of carbonyl (C=O) groups excluding carboxylic acids is 1. The smallest absolute Gasteiger partial charge is 0.407 e. The van der Waals surface area contributed by atoms with E-state index in [9.17, 15) is 9.59 Å². The van der Waals surface area contributed by atoms with Crippen LogP contribution < -0.4 is 0 Å². The molecule has 0 aromatic rings. The quantitative estimate of drug-likeness (QED) is 0.782. The highest BCUT2D eigenvalue weighted by atomic mass is 16.5. The van der Waals surface area contributed by atoms with Gasteiger partial charge in [-0.1, -0.05) is 0 Å². The van der Waals surface area contributed by atoms with Crippen LogP contribution in [0.5, 0.6) is 0 Å². The molecule has 1 N–H and O–H groups in total. The summed E-state index contributed by atoms with van der Waals surface area (Å²) >= 11 is 0. The lowest BCUT2D eigenvalue weighted by molar-refractivity contribution is -0.115. The number of hydrogen-bond acceptors (Lipinski definition) is 3. The van der Waals surface area contributed by atoms with Gasteiger partial charge in [-0.05, 0) is 43.9 Å². The number of rotatable bonds is 3. The maximum Gasteiger partial charge on any atom is 0.407 e. The Morgan fingerprint density at radius 1 is 1.28 bits per heavy atom. The van der Waals surface area contributed by atoms with Crippen molar-refractivity contribution >= 4 is 12.4 Å². The van der Waals surface area contributed by atoms with E-state index in [1.165, 1.54) is 4.90 Å². The molecule has 0 radical (unpaired) electrons. The van der Waals surface area contributed by atoms with E-state index in [0.717, 1.165) is 44.8 Å². The van der Waals surface area contributed by atoms with Gasteiger partial charge in [-0.25, -0.2) is 4.79 Å². The van der Waals surface area contributed by atoms with Gasteiger partial charge >= 0.3 is 6.09 Å². The van der Waals surface area contributed by atoms with Crippen molar-refractivity contribution < 1.29 is 19.4 Å². The highest BCUT2D eigenvalue weighted by molar-refractivity contribution is 5.65. The van der Waals surface area contributed by atoms with Crippen LogP contribution in [0.4, 0.5) is 4.79 Å². The van der Waals surface area contributed by atoms with Crippen LogP contribution in [0.2, 0.25) is 0 Å². The minimum atomic E-state index is -0.798. The molecule has 2 aliphatic rings. The lowest BCUT2D eigenvalue weighted by atomic mass is 9.67. The second-order valence-corrected chi connectivity index (χ2v) is 5.47. The minimum absolute atomic E-state index is 0.199. The minimum Gasteiger partial charge on any atom is -0.465 e. The zero-order chi connectivity index (χ0) is 13.0. The van der Waals surface area contributed by atoms with E-state index in [0.29, 0.717) is 18.5 Å². The van der Waals surface area contributed by atoms with Crippen LogP contribution in [0.15, 0.2) is 0 Å². The fourth-order valence-electron chi connectivity index (χ4n) is 3.22. The largest absolute Gasteiger partial charge is 0.465 e. The number of amides is 1. The molecule has 18 heavy (non-hydrogen) atoms. The first-order chi connectivity index (χ1) is 8.65. The Kier molecular flexibility index (Phi) is 4.22.